The van der Waals surface area contributed by atoms with Gasteiger partial charge in [0, 0.05) is 24.4 Å². The van der Waals surface area contributed by atoms with Crippen LogP contribution in [0.1, 0.15) is 31.5 Å². The Morgan fingerprint density at radius 3 is 2.73 bits per heavy atom. The van der Waals surface area contributed by atoms with Crippen molar-refractivity contribution in [1.29, 1.82) is 0 Å². The summed E-state index contributed by atoms with van der Waals surface area (Å²) in [5.74, 6) is -1.03. The van der Waals surface area contributed by atoms with E-state index in [9.17, 15) is 8.78 Å². The topological polar surface area (TPSA) is 43.6 Å². The number of benzene rings is 1. The van der Waals surface area contributed by atoms with Crippen molar-refractivity contribution in [3.05, 3.63) is 42.0 Å². The van der Waals surface area contributed by atoms with Gasteiger partial charge in [-0.1, -0.05) is 6.92 Å². The van der Waals surface area contributed by atoms with Crippen LogP contribution in [0.25, 0.3) is 22.4 Å². The molecule has 6 heteroatoms. The van der Waals surface area contributed by atoms with Gasteiger partial charge in [0.2, 0.25) is 0 Å². The van der Waals surface area contributed by atoms with Gasteiger partial charge < -0.3 is 4.57 Å². The number of fused-ring (bicyclic) bond motifs is 1. The molecule has 4 rings (SSSR count). The van der Waals surface area contributed by atoms with E-state index in [1.807, 2.05) is 11.5 Å². The molecule has 1 fully saturated rings. The second-order valence-corrected chi connectivity index (χ2v) is 5.53. The van der Waals surface area contributed by atoms with Crippen LogP contribution in [0.2, 0.25) is 0 Å². The zero-order valence-corrected chi connectivity index (χ0v) is 12.1. The van der Waals surface area contributed by atoms with Crippen LogP contribution < -0.4 is 0 Å². The third kappa shape index (κ3) is 1.98. The van der Waals surface area contributed by atoms with Crippen molar-refractivity contribution in [1.82, 2.24) is 19.5 Å². The largest absolute Gasteiger partial charge is 0.321 e. The maximum Gasteiger partial charge on any atom is 0.161 e. The monoisotopic (exact) mass is 300 g/mol. The number of imidazole rings is 1. The summed E-state index contributed by atoms with van der Waals surface area (Å²) in [7, 11) is 0. The average Bonchev–Trinajstić information content (AvgIpc) is 3.30. The van der Waals surface area contributed by atoms with Crippen molar-refractivity contribution in [2.24, 2.45) is 0 Å². The molecule has 0 aliphatic heterocycles. The molecule has 0 unspecified atom stereocenters. The lowest BCUT2D eigenvalue weighted by Gasteiger charge is -2.09. The van der Waals surface area contributed by atoms with E-state index < -0.39 is 11.6 Å². The van der Waals surface area contributed by atoms with Crippen molar-refractivity contribution in [2.45, 2.75) is 32.2 Å². The predicted octanol–water partition coefficient (Wildman–Crippen LogP) is 3.67. The third-order valence-corrected chi connectivity index (χ3v) is 4.01. The van der Waals surface area contributed by atoms with E-state index in [0.717, 1.165) is 36.6 Å². The van der Waals surface area contributed by atoms with Gasteiger partial charge in [-0.2, -0.15) is 0 Å². The van der Waals surface area contributed by atoms with E-state index in [1.165, 1.54) is 12.4 Å². The van der Waals surface area contributed by atoms with Gasteiger partial charge in [-0.3, -0.25) is 0 Å². The fourth-order valence-electron chi connectivity index (χ4n) is 2.81. The van der Waals surface area contributed by atoms with Crippen molar-refractivity contribution >= 4 is 11.0 Å². The van der Waals surface area contributed by atoms with Crippen LogP contribution in [0.15, 0.2) is 24.7 Å². The predicted molar refractivity (Wildman–Crippen MR) is 78.3 cm³/mol. The Balaban J connectivity index is 2.03. The highest BCUT2D eigenvalue weighted by Crippen LogP contribution is 2.41. The van der Waals surface area contributed by atoms with E-state index in [4.69, 9.17) is 0 Å². The summed E-state index contributed by atoms with van der Waals surface area (Å²) in [5, 5.41) is 0. The molecule has 0 N–H and O–H groups in total. The molecule has 2 aromatic heterocycles. The molecule has 112 valence electrons. The molecule has 0 amide bonds. The maximum absolute atomic E-state index is 13.6. The second kappa shape index (κ2) is 4.83. The van der Waals surface area contributed by atoms with Crippen LogP contribution in [-0.2, 0) is 6.42 Å². The van der Waals surface area contributed by atoms with Gasteiger partial charge in [0.15, 0.2) is 11.6 Å². The van der Waals surface area contributed by atoms with Gasteiger partial charge in [-0.05, 0) is 19.3 Å². The summed E-state index contributed by atoms with van der Waals surface area (Å²) in [5.41, 5.74) is 2.80. The Morgan fingerprint density at radius 1 is 1.23 bits per heavy atom. The van der Waals surface area contributed by atoms with E-state index >= 15 is 0 Å². The lowest BCUT2D eigenvalue weighted by Crippen LogP contribution is -2.02. The second-order valence-electron chi connectivity index (χ2n) is 5.53. The first kappa shape index (κ1) is 13.3. The van der Waals surface area contributed by atoms with Gasteiger partial charge in [0.05, 0.1) is 22.3 Å². The molecule has 1 aliphatic carbocycles. The van der Waals surface area contributed by atoms with Crippen molar-refractivity contribution in [3.8, 4) is 11.4 Å². The standard InChI is InChI=1S/C16H14F2N4/c1-2-13-10(7-19-8-20-13)16-21-14-5-11(17)12(18)6-15(14)22(16)9-3-4-9/h5-9H,2-4H2,1H3. The molecule has 22 heavy (non-hydrogen) atoms. The number of aromatic nitrogens is 4. The lowest BCUT2D eigenvalue weighted by molar-refractivity contribution is 0.510. The Kier molecular flexibility index (Phi) is 2.92. The zero-order chi connectivity index (χ0) is 15.3. The van der Waals surface area contributed by atoms with Crippen LogP contribution in [0.4, 0.5) is 8.78 Å². The summed E-state index contributed by atoms with van der Waals surface area (Å²) < 4.78 is 29.1. The van der Waals surface area contributed by atoms with Crippen molar-refractivity contribution < 1.29 is 8.78 Å². The SMILES string of the molecule is CCc1ncncc1-c1nc2cc(F)c(F)cc2n1C1CC1. The number of rotatable bonds is 3. The first-order chi connectivity index (χ1) is 10.7. The molecule has 3 aromatic rings. The molecule has 1 saturated carbocycles. The number of aryl methyl sites for hydroxylation is 1. The molecule has 1 aromatic carbocycles. The average molecular weight is 300 g/mol. The smallest absolute Gasteiger partial charge is 0.161 e. The van der Waals surface area contributed by atoms with Crippen molar-refractivity contribution in [2.75, 3.05) is 0 Å². The van der Waals surface area contributed by atoms with Gasteiger partial charge in [-0.15, -0.1) is 0 Å². The molecule has 0 bridgehead atoms. The van der Waals surface area contributed by atoms with Crippen LogP contribution in [0.5, 0.6) is 0 Å². The Hall–Kier alpha value is -2.37. The lowest BCUT2D eigenvalue weighted by atomic mass is 10.2. The van der Waals surface area contributed by atoms with E-state index in [-0.39, 0.29) is 6.04 Å². The fraction of sp³-hybridized carbons (Fsp3) is 0.312. The number of halogens is 2. The highest BCUT2D eigenvalue weighted by atomic mass is 19.2. The molecule has 0 radical (unpaired) electrons. The minimum Gasteiger partial charge on any atom is -0.321 e. The summed E-state index contributed by atoms with van der Waals surface area (Å²) in [4.78, 5) is 12.9. The van der Waals surface area contributed by atoms with Gasteiger partial charge in [-0.25, -0.2) is 23.7 Å². The molecule has 0 saturated heterocycles. The van der Waals surface area contributed by atoms with E-state index in [0.29, 0.717) is 16.9 Å². The first-order valence-corrected chi connectivity index (χ1v) is 7.35. The van der Waals surface area contributed by atoms with Gasteiger partial charge in [0.25, 0.3) is 0 Å². The Morgan fingerprint density at radius 2 is 2.00 bits per heavy atom. The molecule has 1 aliphatic rings. The summed E-state index contributed by atoms with van der Waals surface area (Å²) in [6, 6.07) is 2.67. The molecule has 4 nitrogen and oxygen atoms in total. The maximum atomic E-state index is 13.6. The Labute approximate surface area is 125 Å². The number of hydrogen-bond acceptors (Lipinski definition) is 3. The molecular formula is C16H14F2N4. The summed E-state index contributed by atoms with van der Waals surface area (Å²) in [6.45, 7) is 2.01. The van der Waals surface area contributed by atoms with E-state index in [2.05, 4.69) is 15.0 Å². The van der Waals surface area contributed by atoms with Crippen LogP contribution in [0, 0.1) is 11.6 Å². The summed E-state index contributed by atoms with van der Waals surface area (Å²) >= 11 is 0. The Bertz CT molecular complexity index is 868. The van der Waals surface area contributed by atoms with Gasteiger partial charge in [0.1, 0.15) is 12.2 Å². The quantitative estimate of drug-likeness (QED) is 0.741. The normalized spacial score (nSPS) is 14.7. The number of nitrogens with zero attached hydrogens (tertiary/aromatic N) is 4. The molecule has 0 spiro atoms. The zero-order valence-electron chi connectivity index (χ0n) is 12.1. The molecule has 2 heterocycles. The van der Waals surface area contributed by atoms with Crippen LogP contribution in [0.3, 0.4) is 0 Å². The van der Waals surface area contributed by atoms with Gasteiger partial charge >= 0.3 is 0 Å². The van der Waals surface area contributed by atoms with E-state index in [1.54, 1.807) is 6.20 Å². The summed E-state index contributed by atoms with van der Waals surface area (Å²) in [6.07, 6.45) is 6.01. The fourth-order valence-corrected chi connectivity index (χ4v) is 2.81. The molecule has 0 atom stereocenters. The van der Waals surface area contributed by atoms with Crippen molar-refractivity contribution in [3.63, 3.8) is 0 Å². The minimum absolute atomic E-state index is 0.287. The first-order valence-electron chi connectivity index (χ1n) is 7.35. The van der Waals surface area contributed by atoms with Crippen LogP contribution >= 0.6 is 0 Å². The molecular weight excluding hydrogens is 286 g/mol. The highest BCUT2D eigenvalue weighted by Gasteiger charge is 2.30. The third-order valence-electron chi connectivity index (χ3n) is 4.01. The number of hydrogen-bond donors (Lipinski definition) is 0. The van der Waals surface area contributed by atoms with Crippen LogP contribution in [-0.4, -0.2) is 19.5 Å². The highest BCUT2D eigenvalue weighted by molar-refractivity contribution is 5.81. The minimum atomic E-state index is -0.875.